The van der Waals surface area contributed by atoms with Crippen LogP contribution in [0.1, 0.15) is 18.4 Å². The number of pyridine rings is 1. The van der Waals surface area contributed by atoms with Gasteiger partial charge in [0.1, 0.15) is 11.6 Å². The van der Waals surface area contributed by atoms with E-state index in [-0.39, 0.29) is 16.8 Å². The van der Waals surface area contributed by atoms with Crippen LogP contribution < -0.4 is 14.8 Å². The van der Waals surface area contributed by atoms with Gasteiger partial charge in [-0.1, -0.05) is 0 Å². The van der Waals surface area contributed by atoms with Gasteiger partial charge in [0.05, 0.1) is 30.0 Å². The van der Waals surface area contributed by atoms with Crippen molar-refractivity contribution < 1.29 is 17.9 Å². The zero-order valence-electron chi connectivity index (χ0n) is 14.9. The SMILES string of the molecule is COc1ccc(S(=O)(=O)Nc2ccc(NCC3CCCO3)cn2)c(C)c1. The molecular weight excluding hydrogens is 354 g/mol. The first kappa shape index (κ1) is 18.5. The van der Waals surface area contributed by atoms with Gasteiger partial charge >= 0.3 is 0 Å². The van der Waals surface area contributed by atoms with Crippen molar-refractivity contribution in [2.45, 2.75) is 30.8 Å². The Morgan fingerprint density at radius 3 is 2.77 bits per heavy atom. The fourth-order valence-electron chi connectivity index (χ4n) is 2.84. The maximum Gasteiger partial charge on any atom is 0.263 e. The van der Waals surface area contributed by atoms with Crippen LogP contribution in [0.25, 0.3) is 0 Å². The van der Waals surface area contributed by atoms with Crippen molar-refractivity contribution in [3.63, 3.8) is 0 Å². The molecular formula is C18H23N3O4S. The van der Waals surface area contributed by atoms with Crippen LogP contribution in [-0.4, -0.2) is 39.8 Å². The molecule has 1 fully saturated rings. The van der Waals surface area contributed by atoms with Crippen LogP contribution in [-0.2, 0) is 14.8 Å². The second-order valence-electron chi connectivity index (χ2n) is 6.18. The molecule has 1 unspecified atom stereocenters. The summed E-state index contributed by atoms with van der Waals surface area (Å²) in [5.74, 6) is 0.879. The molecule has 2 aromatic rings. The van der Waals surface area contributed by atoms with E-state index in [0.717, 1.165) is 31.7 Å². The lowest BCUT2D eigenvalue weighted by atomic mass is 10.2. The zero-order valence-corrected chi connectivity index (χ0v) is 15.7. The number of methoxy groups -OCH3 is 1. The molecule has 3 rings (SSSR count). The van der Waals surface area contributed by atoms with Gasteiger partial charge in [-0.3, -0.25) is 4.72 Å². The summed E-state index contributed by atoms with van der Waals surface area (Å²) >= 11 is 0. The van der Waals surface area contributed by atoms with Crippen molar-refractivity contribution in [3.05, 3.63) is 42.1 Å². The van der Waals surface area contributed by atoms with E-state index in [2.05, 4.69) is 15.0 Å². The van der Waals surface area contributed by atoms with Gasteiger partial charge in [-0.25, -0.2) is 13.4 Å². The Kier molecular flexibility index (Phi) is 5.63. The Morgan fingerprint density at radius 1 is 1.31 bits per heavy atom. The molecule has 1 aromatic heterocycles. The Labute approximate surface area is 153 Å². The molecule has 0 spiro atoms. The van der Waals surface area contributed by atoms with Crippen LogP contribution >= 0.6 is 0 Å². The summed E-state index contributed by atoms with van der Waals surface area (Å²) < 4.78 is 38.3. The third kappa shape index (κ3) is 4.44. The molecule has 0 aliphatic carbocycles. The molecule has 2 heterocycles. The molecule has 1 aliphatic rings. The molecule has 2 N–H and O–H groups in total. The lowest BCUT2D eigenvalue weighted by molar-refractivity contribution is 0.120. The second kappa shape index (κ2) is 7.92. The number of benzene rings is 1. The molecule has 0 saturated carbocycles. The quantitative estimate of drug-likeness (QED) is 0.771. The molecule has 1 aromatic carbocycles. The summed E-state index contributed by atoms with van der Waals surface area (Å²) in [7, 11) is -2.17. The van der Waals surface area contributed by atoms with E-state index >= 15 is 0 Å². The van der Waals surface area contributed by atoms with Crippen molar-refractivity contribution in [3.8, 4) is 5.75 Å². The molecule has 0 radical (unpaired) electrons. The van der Waals surface area contributed by atoms with E-state index in [9.17, 15) is 8.42 Å². The summed E-state index contributed by atoms with van der Waals surface area (Å²) in [6.07, 6.45) is 3.98. The average molecular weight is 377 g/mol. The van der Waals surface area contributed by atoms with Gasteiger partial charge in [-0.2, -0.15) is 0 Å². The molecule has 7 nitrogen and oxygen atoms in total. The summed E-state index contributed by atoms with van der Waals surface area (Å²) in [5, 5.41) is 3.25. The number of nitrogens with one attached hydrogen (secondary N) is 2. The molecule has 26 heavy (non-hydrogen) atoms. The number of nitrogens with zero attached hydrogens (tertiary/aromatic N) is 1. The maximum atomic E-state index is 12.6. The van der Waals surface area contributed by atoms with Gasteiger partial charge in [-0.05, 0) is 55.7 Å². The monoisotopic (exact) mass is 377 g/mol. The number of ether oxygens (including phenoxy) is 2. The van der Waals surface area contributed by atoms with E-state index < -0.39 is 10.0 Å². The van der Waals surface area contributed by atoms with Gasteiger partial charge in [0.2, 0.25) is 0 Å². The molecule has 1 saturated heterocycles. The highest BCUT2D eigenvalue weighted by Gasteiger charge is 2.18. The maximum absolute atomic E-state index is 12.6. The van der Waals surface area contributed by atoms with Gasteiger partial charge in [0.15, 0.2) is 0 Å². The fraction of sp³-hybridized carbons (Fsp3) is 0.389. The number of aromatic nitrogens is 1. The van der Waals surface area contributed by atoms with Crippen LogP contribution in [0.4, 0.5) is 11.5 Å². The van der Waals surface area contributed by atoms with Crippen LogP contribution in [0.5, 0.6) is 5.75 Å². The van der Waals surface area contributed by atoms with Gasteiger partial charge < -0.3 is 14.8 Å². The molecule has 0 amide bonds. The predicted molar refractivity (Wildman–Crippen MR) is 100 cm³/mol. The smallest absolute Gasteiger partial charge is 0.263 e. The summed E-state index contributed by atoms with van der Waals surface area (Å²) in [6.45, 7) is 3.26. The van der Waals surface area contributed by atoms with E-state index in [1.807, 2.05) is 0 Å². The largest absolute Gasteiger partial charge is 0.497 e. The molecule has 140 valence electrons. The number of anilines is 2. The van der Waals surface area contributed by atoms with Crippen molar-refractivity contribution in [1.29, 1.82) is 0 Å². The third-order valence-corrected chi connectivity index (χ3v) is 5.75. The first-order valence-corrected chi connectivity index (χ1v) is 9.95. The number of hydrogen-bond donors (Lipinski definition) is 2. The van der Waals surface area contributed by atoms with Crippen molar-refractivity contribution >= 4 is 21.5 Å². The molecule has 8 heteroatoms. The lowest BCUT2D eigenvalue weighted by Gasteiger charge is -2.13. The molecule has 0 bridgehead atoms. The second-order valence-corrected chi connectivity index (χ2v) is 7.84. The minimum atomic E-state index is -3.72. The third-order valence-electron chi connectivity index (χ3n) is 4.23. The summed E-state index contributed by atoms with van der Waals surface area (Å²) in [4.78, 5) is 4.37. The highest BCUT2D eigenvalue weighted by molar-refractivity contribution is 7.92. The van der Waals surface area contributed by atoms with Crippen LogP contribution in [0.3, 0.4) is 0 Å². The Morgan fingerprint density at radius 2 is 2.15 bits per heavy atom. The van der Waals surface area contributed by atoms with E-state index in [1.54, 1.807) is 44.5 Å². The van der Waals surface area contributed by atoms with Gasteiger partial charge in [0.25, 0.3) is 10.0 Å². The topological polar surface area (TPSA) is 89.6 Å². The van der Waals surface area contributed by atoms with E-state index in [0.29, 0.717) is 11.3 Å². The average Bonchev–Trinajstić information content (AvgIpc) is 3.14. The van der Waals surface area contributed by atoms with Crippen molar-refractivity contribution in [2.75, 3.05) is 30.3 Å². The molecule has 1 aliphatic heterocycles. The number of sulfonamides is 1. The summed E-state index contributed by atoms with van der Waals surface area (Å²) in [5.41, 5.74) is 1.43. The minimum Gasteiger partial charge on any atom is -0.497 e. The number of aryl methyl sites for hydroxylation is 1. The molecule has 1 atom stereocenters. The van der Waals surface area contributed by atoms with E-state index in [4.69, 9.17) is 9.47 Å². The fourth-order valence-corrected chi connectivity index (χ4v) is 4.07. The summed E-state index contributed by atoms with van der Waals surface area (Å²) in [6, 6.07) is 8.25. The Hall–Kier alpha value is -2.32. The zero-order chi connectivity index (χ0) is 18.6. The van der Waals surface area contributed by atoms with Crippen LogP contribution in [0, 0.1) is 6.92 Å². The first-order valence-electron chi connectivity index (χ1n) is 8.47. The predicted octanol–water partition coefficient (Wildman–Crippen LogP) is 2.79. The van der Waals surface area contributed by atoms with E-state index in [1.165, 1.54) is 6.07 Å². The Bertz CT molecular complexity index is 847. The van der Waals surface area contributed by atoms with Crippen molar-refractivity contribution in [1.82, 2.24) is 4.98 Å². The highest BCUT2D eigenvalue weighted by atomic mass is 32.2. The van der Waals surface area contributed by atoms with Gasteiger partial charge in [-0.15, -0.1) is 0 Å². The van der Waals surface area contributed by atoms with Crippen molar-refractivity contribution in [2.24, 2.45) is 0 Å². The lowest BCUT2D eigenvalue weighted by Crippen LogP contribution is -2.18. The standard InChI is InChI=1S/C18H23N3O4S/c1-13-10-15(24-2)6-7-17(13)26(22,23)21-18-8-5-14(11-20-18)19-12-16-4-3-9-25-16/h5-8,10-11,16,19H,3-4,9,12H2,1-2H3,(H,20,21). The van der Waals surface area contributed by atoms with Gasteiger partial charge in [0, 0.05) is 13.2 Å². The van der Waals surface area contributed by atoms with Crippen LogP contribution in [0.2, 0.25) is 0 Å². The first-order chi connectivity index (χ1) is 12.5. The minimum absolute atomic E-state index is 0.195. The number of rotatable bonds is 7. The normalized spacial score (nSPS) is 17.1. The number of hydrogen-bond acceptors (Lipinski definition) is 6. The van der Waals surface area contributed by atoms with Crippen LogP contribution in [0.15, 0.2) is 41.4 Å². The Balaban J connectivity index is 1.65. The highest BCUT2D eigenvalue weighted by Crippen LogP contribution is 2.23.